The number of amides is 2. The third-order valence-electron chi connectivity index (χ3n) is 6.93. The Hall–Kier alpha value is -5.34. The highest BCUT2D eigenvalue weighted by molar-refractivity contribution is 6.05. The van der Waals surface area contributed by atoms with Crippen LogP contribution in [0.4, 0.5) is 33.6 Å². The summed E-state index contributed by atoms with van der Waals surface area (Å²) in [6, 6.07) is 8.75. The predicted octanol–water partition coefficient (Wildman–Crippen LogP) is 6.03. The van der Waals surface area contributed by atoms with Gasteiger partial charge in [-0.05, 0) is 68.2 Å². The van der Waals surface area contributed by atoms with Crippen LogP contribution in [-0.4, -0.2) is 43.6 Å². The normalized spacial score (nSPS) is 16.5. The van der Waals surface area contributed by atoms with E-state index in [9.17, 15) is 31.5 Å². The molecule has 0 radical (unpaired) electrons. The van der Waals surface area contributed by atoms with Gasteiger partial charge in [-0.25, -0.2) is 18.4 Å². The van der Waals surface area contributed by atoms with Gasteiger partial charge in [0, 0.05) is 36.1 Å². The fourth-order valence-corrected chi connectivity index (χ4v) is 4.90. The Bertz CT molecular complexity index is 1710. The van der Waals surface area contributed by atoms with E-state index in [1.807, 2.05) is 0 Å². The first-order chi connectivity index (χ1) is 21.5. The summed E-state index contributed by atoms with van der Waals surface area (Å²) in [5.41, 5.74) is -2.46. The highest BCUT2D eigenvalue weighted by Crippen LogP contribution is 2.34. The number of benzene rings is 2. The zero-order chi connectivity index (χ0) is 32.1. The van der Waals surface area contributed by atoms with E-state index in [-0.39, 0.29) is 46.9 Å². The minimum Gasteiger partial charge on any atom is -0.436 e. The molecular formula is C30H26F5N7O3. The van der Waals surface area contributed by atoms with Gasteiger partial charge in [0.2, 0.25) is 17.7 Å². The zero-order valence-electron chi connectivity index (χ0n) is 23.4. The summed E-state index contributed by atoms with van der Waals surface area (Å²) < 4.78 is 76.1. The molecule has 2 amide bonds. The van der Waals surface area contributed by atoms with E-state index in [4.69, 9.17) is 4.74 Å². The fraction of sp³-hybridized carbons (Fsp3) is 0.233. The number of anilines is 2. The van der Waals surface area contributed by atoms with Crippen molar-refractivity contribution in [2.75, 3.05) is 10.6 Å². The third kappa shape index (κ3) is 7.60. The maximum absolute atomic E-state index is 15.0. The lowest BCUT2D eigenvalue weighted by Crippen LogP contribution is -2.41. The van der Waals surface area contributed by atoms with E-state index in [0.717, 1.165) is 55.8 Å². The number of carbonyl (C=O) groups is 2. The van der Waals surface area contributed by atoms with E-state index in [1.165, 1.54) is 30.5 Å². The van der Waals surface area contributed by atoms with Crippen LogP contribution in [0.1, 0.15) is 41.7 Å². The molecule has 3 N–H and O–H groups in total. The van der Waals surface area contributed by atoms with Gasteiger partial charge in [0.1, 0.15) is 5.82 Å². The fourth-order valence-electron chi connectivity index (χ4n) is 4.90. The molecule has 0 aliphatic heterocycles. The Labute approximate surface area is 253 Å². The van der Waals surface area contributed by atoms with Crippen LogP contribution in [0.2, 0.25) is 0 Å². The van der Waals surface area contributed by atoms with Crippen molar-refractivity contribution >= 4 is 23.5 Å². The molecule has 1 saturated carbocycles. The summed E-state index contributed by atoms with van der Waals surface area (Å²) in [4.78, 5) is 32.9. The van der Waals surface area contributed by atoms with E-state index >= 15 is 0 Å². The van der Waals surface area contributed by atoms with E-state index in [1.54, 1.807) is 0 Å². The standard InChI is InChI=1S/C30H26F5N7O3/c1-2-25(43)38-18-4-3-5-19(14-18)40-29-36-13-12-26(41-29)45-24-11-8-20(15-23(24)32)39-28(44)22-16-37-42(27(22)30(33,34)35)21-9-6-17(31)7-10-21/h2,6-13,15-16,18-19H,1,3-5,14H2,(H,38,43)(H,39,44)(H,36,40,41). The van der Waals surface area contributed by atoms with Crippen LogP contribution >= 0.6 is 0 Å². The molecule has 2 atom stereocenters. The summed E-state index contributed by atoms with van der Waals surface area (Å²) >= 11 is 0. The van der Waals surface area contributed by atoms with Crippen LogP contribution < -0.4 is 20.7 Å². The minimum absolute atomic E-state index is 0.0125. The highest BCUT2D eigenvalue weighted by Gasteiger charge is 2.40. The SMILES string of the molecule is C=CC(=O)NC1CCCC(Nc2nccc(Oc3ccc(NC(=O)c4cnn(-c5ccc(F)cc5)c4C(F)(F)F)cc3F)n2)C1. The Balaban J connectivity index is 1.26. The number of carbonyl (C=O) groups excluding carboxylic acids is 2. The molecule has 234 valence electrons. The van der Waals surface area contributed by atoms with Gasteiger partial charge in [-0.15, -0.1) is 0 Å². The molecule has 1 aliphatic rings. The van der Waals surface area contributed by atoms with Gasteiger partial charge < -0.3 is 20.7 Å². The molecule has 0 spiro atoms. The number of hydrogen-bond acceptors (Lipinski definition) is 7. The molecule has 2 heterocycles. The second kappa shape index (κ2) is 13.1. The van der Waals surface area contributed by atoms with Crippen LogP contribution in [0.15, 0.2) is 73.6 Å². The van der Waals surface area contributed by atoms with Gasteiger partial charge in [0.25, 0.3) is 5.91 Å². The molecule has 1 aliphatic carbocycles. The smallest absolute Gasteiger partial charge is 0.434 e. The number of halogens is 5. The first-order valence-electron chi connectivity index (χ1n) is 13.7. The number of alkyl halides is 3. The maximum Gasteiger partial charge on any atom is 0.434 e. The molecule has 45 heavy (non-hydrogen) atoms. The van der Waals surface area contributed by atoms with Gasteiger partial charge in [-0.1, -0.05) is 6.58 Å². The Morgan fingerprint density at radius 1 is 1.04 bits per heavy atom. The van der Waals surface area contributed by atoms with E-state index < -0.39 is 35.0 Å². The number of aromatic nitrogens is 4. The Morgan fingerprint density at radius 2 is 1.80 bits per heavy atom. The first-order valence-corrected chi connectivity index (χ1v) is 13.7. The van der Waals surface area contributed by atoms with Gasteiger partial charge in [0.15, 0.2) is 17.3 Å². The van der Waals surface area contributed by atoms with Gasteiger partial charge in [-0.3, -0.25) is 9.59 Å². The largest absolute Gasteiger partial charge is 0.436 e. The molecule has 4 aromatic rings. The van der Waals surface area contributed by atoms with Crippen molar-refractivity contribution in [3.05, 3.63) is 96.5 Å². The number of nitrogens with one attached hydrogen (secondary N) is 3. The van der Waals surface area contributed by atoms with Gasteiger partial charge in [0.05, 0.1) is 17.4 Å². The average Bonchev–Trinajstić information content (AvgIpc) is 3.46. The van der Waals surface area contributed by atoms with Gasteiger partial charge >= 0.3 is 6.18 Å². The lowest BCUT2D eigenvalue weighted by atomic mass is 9.91. The molecule has 10 nitrogen and oxygen atoms in total. The summed E-state index contributed by atoms with van der Waals surface area (Å²) in [5.74, 6) is -3.03. The lowest BCUT2D eigenvalue weighted by molar-refractivity contribution is -0.143. The Kier molecular flexibility index (Phi) is 9.06. The molecule has 1 fully saturated rings. The lowest BCUT2D eigenvalue weighted by Gasteiger charge is -2.30. The van der Waals surface area contributed by atoms with Gasteiger partial charge in [-0.2, -0.15) is 23.3 Å². The molecular weight excluding hydrogens is 601 g/mol. The average molecular weight is 628 g/mol. The molecule has 2 aromatic carbocycles. The Morgan fingerprint density at radius 3 is 2.51 bits per heavy atom. The predicted molar refractivity (Wildman–Crippen MR) is 153 cm³/mol. The van der Waals surface area contributed by atoms with Crippen molar-refractivity contribution in [2.45, 2.75) is 43.9 Å². The first kappa shape index (κ1) is 31.1. The molecule has 2 unspecified atom stereocenters. The highest BCUT2D eigenvalue weighted by atomic mass is 19.4. The molecule has 0 bridgehead atoms. The summed E-state index contributed by atoms with van der Waals surface area (Å²) in [6.45, 7) is 3.46. The molecule has 15 heteroatoms. The summed E-state index contributed by atoms with van der Waals surface area (Å²) in [7, 11) is 0. The number of rotatable bonds is 9. The van der Waals surface area contributed by atoms with Crippen LogP contribution in [0.25, 0.3) is 5.69 Å². The van der Waals surface area contributed by atoms with Crippen molar-refractivity contribution < 1.29 is 36.3 Å². The topological polar surface area (TPSA) is 123 Å². The van der Waals surface area contributed by atoms with Crippen LogP contribution in [0, 0.1) is 11.6 Å². The number of ether oxygens (including phenoxy) is 1. The van der Waals surface area contributed by atoms with Crippen molar-refractivity contribution in [1.82, 2.24) is 25.1 Å². The van der Waals surface area contributed by atoms with Crippen molar-refractivity contribution in [1.29, 1.82) is 0 Å². The molecule has 2 aromatic heterocycles. The van der Waals surface area contributed by atoms with Crippen molar-refractivity contribution in [3.8, 4) is 17.3 Å². The molecule has 5 rings (SSSR count). The van der Waals surface area contributed by atoms with E-state index in [2.05, 4.69) is 37.6 Å². The second-order valence-electron chi connectivity index (χ2n) is 10.1. The second-order valence-corrected chi connectivity index (χ2v) is 10.1. The van der Waals surface area contributed by atoms with Crippen LogP contribution in [0.3, 0.4) is 0 Å². The number of hydrogen-bond donors (Lipinski definition) is 3. The third-order valence-corrected chi connectivity index (χ3v) is 6.93. The van der Waals surface area contributed by atoms with Crippen molar-refractivity contribution in [2.24, 2.45) is 0 Å². The maximum atomic E-state index is 15.0. The van der Waals surface area contributed by atoms with Crippen LogP contribution in [-0.2, 0) is 11.0 Å². The number of nitrogens with zero attached hydrogens (tertiary/aromatic N) is 4. The minimum atomic E-state index is -4.99. The zero-order valence-corrected chi connectivity index (χ0v) is 23.4. The summed E-state index contributed by atoms with van der Waals surface area (Å²) in [5, 5.41) is 12.0. The van der Waals surface area contributed by atoms with E-state index in [0.29, 0.717) is 11.1 Å². The van der Waals surface area contributed by atoms with Crippen molar-refractivity contribution in [3.63, 3.8) is 0 Å². The quantitative estimate of drug-likeness (QED) is 0.153. The summed E-state index contributed by atoms with van der Waals surface area (Å²) in [6.07, 6.45) is 1.55. The van der Waals surface area contributed by atoms with Crippen LogP contribution in [0.5, 0.6) is 11.6 Å². The molecule has 0 saturated heterocycles. The monoisotopic (exact) mass is 627 g/mol.